The number of pyridine rings is 1. The number of nitrogens with zero attached hydrogens (tertiary/aromatic N) is 2. The number of rotatable bonds is 10. The zero-order valence-electron chi connectivity index (χ0n) is 18.9. The number of hydrogen-bond donors (Lipinski definition) is 2. The number of ether oxygens (including phenoxy) is 3. The van der Waals surface area contributed by atoms with Crippen LogP contribution in [0.2, 0.25) is 0 Å². The molecule has 10 nitrogen and oxygen atoms in total. The van der Waals surface area contributed by atoms with E-state index in [4.69, 9.17) is 14.2 Å². The number of aromatic nitrogens is 1. The molecule has 3 rings (SSSR count). The van der Waals surface area contributed by atoms with Gasteiger partial charge in [-0.25, -0.2) is 4.98 Å². The number of amides is 1. The first-order chi connectivity index (χ1) is 15.4. The van der Waals surface area contributed by atoms with Crippen LogP contribution in [0, 0.1) is 16.0 Å². The molecule has 1 aliphatic carbocycles. The van der Waals surface area contributed by atoms with E-state index in [9.17, 15) is 14.9 Å². The molecule has 0 bridgehead atoms. The lowest BCUT2D eigenvalue weighted by atomic mass is 9.85. The van der Waals surface area contributed by atoms with Gasteiger partial charge in [0, 0.05) is 30.7 Å². The van der Waals surface area contributed by atoms with Gasteiger partial charge in [0.15, 0.2) is 6.29 Å². The van der Waals surface area contributed by atoms with Gasteiger partial charge in [-0.3, -0.25) is 14.9 Å². The lowest BCUT2D eigenvalue weighted by molar-refractivity contribution is -0.384. The highest BCUT2D eigenvalue weighted by Crippen LogP contribution is 2.32. The molecule has 1 unspecified atom stereocenters. The molecule has 0 radical (unpaired) electrons. The lowest BCUT2D eigenvalue weighted by Gasteiger charge is -2.29. The van der Waals surface area contributed by atoms with Gasteiger partial charge >= 0.3 is 5.69 Å². The lowest BCUT2D eigenvalue weighted by Crippen LogP contribution is -2.38. The van der Waals surface area contributed by atoms with Crippen LogP contribution in [-0.4, -0.2) is 54.0 Å². The van der Waals surface area contributed by atoms with Crippen molar-refractivity contribution in [2.45, 2.75) is 77.2 Å². The highest BCUT2D eigenvalue weighted by molar-refractivity contribution is 5.79. The summed E-state index contributed by atoms with van der Waals surface area (Å²) in [5, 5.41) is 17.7. The first-order valence-corrected chi connectivity index (χ1v) is 11.5. The zero-order chi connectivity index (χ0) is 22.9. The van der Waals surface area contributed by atoms with Crippen molar-refractivity contribution in [1.29, 1.82) is 0 Å². The van der Waals surface area contributed by atoms with E-state index >= 15 is 0 Å². The summed E-state index contributed by atoms with van der Waals surface area (Å²) in [4.78, 5) is 27.3. The van der Waals surface area contributed by atoms with Crippen LogP contribution < -0.4 is 15.4 Å². The largest absolute Gasteiger partial charge is 0.475 e. The normalized spacial score (nSPS) is 23.5. The van der Waals surface area contributed by atoms with Crippen molar-refractivity contribution in [3.05, 3.63) is 22.4 Å². The third kappa shape index (κ3) is 7.30. The van der Waals surface area contributed by atoms with E-state index in [0.717, 1.165) is 51.6 Å². The molecule has 0 spiro atoms. The molecule has 10 heteroatoms. The summed E-state index contributed by atoms with van der Waals surface area (Å²) < 4.78 is 16.8. The maximum Gasteiger partial charge on any atom is 0.310 e. The maximum absolute atomic E-state index is 12.2. The van der Waals surface area contributed by atoms with Crippen LogP contribution in [0.4, 0.5) is 11.4 Å². The van der Waals surface area contributed by atoms with Crippen molar-refractivity contribution in [1.82, 2.24) is 10.3 Å². The van der Waals surface area contributed by atoms with Crippen LogP contribution in [0.15, 0.2) is 12.3 Å². The van der Waals surface area contributed by atoms with Gasteiger partial charge in [0.2, 0.25) is 11.8 Å². The fourth-order valence-corrected chi connectivity index (χ4v) is 4.06. The number of carbonyl (C=O) groups excluding carboxylic acids is 1. The Kier molecular flexibility index (Phi) is 9.04. The quantitative estimate of drug-likeness (QED) is 0.316. The molecule has 1 aromatic rings. The van der Waals surface area contributed by atoms with Gasteiger partial charge in [-0.15, -0.1) is 0 Å². The molecule has 2 aliphatic rings. The van der Waals surface area contributed by atoms with Gasteiger partial charge in [0.05, 0.1) is 11.5 Å². The molecule has 2 heterocycles. The van der Waals surface area contributed by atoms with E-state index in [1.54, 1.807) is 6.07 Å². The second kappa shape index (κ2) is 12.0. The Hall–Kier alpha value is -2.46. The Balaban J connectivity index is 1.51. The molecule has 1 saturated heterocycles. The van der Waals surface area contributed by atoms with E-state index in [0.29, 0.717) is 18.2 Å². The number of hydrogen-bond acceptors (Lipinski definition) is 8. The van der Waals surface area contributed by atoms with Crippen molar-refractivity contribution < 1.29 is 23.9 Å². The van der Waals surface area contributed by atoms with Gasteiger partial charge in [-0.1, -0.05) is 0 Å². The highest BCUT2D eigenvalue weighted by atomic mass is 16.7. The third-order valence-corrected chi connectivity index (χ3v) is 5.72. The smallest absolute Gasteiger partial charge is 0.310 e. The Morgan fingerprint density at radius 3 is 2.69 bits per heavy atom. The molecule has 1 aromatic heterocycles. The van der Waals surface area contributed by atoms with Crippen LogP contribution in [0.3, 0.4) is 0 Å². The number of nitro groups is 1. The molecular formula is C22H34N4O6. The van der Waals surface area contributed by atoms with Crippen LogP contribution in [0.25, 0.3) is 0 Å². The Morgan fingerprint density at radius 1 is 1.25 bits per heavy atom. The predicted molar refractivity (Wildman–Crippen MR) is 119 cm³/mol. The average molecular weight is 451 g/mol. The second-order valence-electron chi connectivity index (χ2n) is 8.67. The Morgan fingerprint density at radius 2 is 2.03 bits per heavy atom. The van der Waals surface area contributed by atoms with Crippen molar-refractivity contribution in [2.24, 2.45) is 5.92 Å². The summed E-state index contributed by atoms with van der Waals surface area (Å²) in [6, 6.07) is 1.74. The molecule has 1 amide bonds. The fourth-order valence-electron chi connectivity index (χ4n) is 4.06. The summed E-state index contributed by atoms with van der Waals surface area (Å²) in [7, 11) is 0. The van der Waals surface area contributed by atoms with E-state index < -0.39 is 4.92 Å². The minimum atomic E-state index is -0.454. The van der Waals surface area contributed by atoms with Crippen LogP contribution in [0.1, 0.15) is 58.8 Å². The van der Waals surface area contributed by atoms with Gasteiger partial charge in [-0.05, 0) is 58.8 Å². The molecule has 1 aliphatic heterocycles. The van der Waals surface area contributed by atoms with Gasteiger partial charge < -0.3 is 24.8 Å². The summed E-state index contributed by atoms with van der Waals surface area (Å²) in [5.41, 5.74) is 0.287. The molecule has 32 heavy (non-hydrogen) atoms. The van der Waals surface area contributed by atoms with Crippen molar-refractivity contribution in [2.75, 3.05) is 25.1 Å². The Bertz CT molecular complexity index is 761. The summed E-state index contributed by atoms with van der Waals surface area (Å²) in [6.45, 7) is 5.25. The fraction of sp³-hybridized carbons (Fsp3) is 0.727. The van der Waals surface area contributed by atoms with Crippen LogP contribution in [-0.2, 0) is 14.3 Å². The van der Waals surface area contributed by atoms with Crippen LogP contribution in [0.5, 0.6) is 5.88 Å². The first-order valence-electron chi connectivity index (χ1n) is 11.5. The van der Waals surface area contributed by atoms with E-state index in [1.807, 2.05) is 13.8 Å². The third-order valence-electron chi connectivity index (χ3n) is 5.72. The molecule has 0 aromatic carbocycles. The molecule has 1 atom stereocenters. The average Bonchev–Trinajstić information content (AvgIpc) is 2.77. The first kappa shape index (κ1) is 24.2. The molecular weight excluding hydrogens is 416 g/mol. The SMILES string of the molecule is CC(C)NC(=O)C1CCC(Nc2cc(OCCOC3CCCCO3)ncc2[N+](=O)[O-])CC1. The maximum atomic E-state index is 12.2. The highest BCUT2D eigenvalue weighted by Gasteiger charge is 2.28. The van der Waals surface area contributed by atoms with Gasteiger partial charge in [0.1, 0.15) is 18.5 Å². The second-order valence-corrected chi connectivity index (χ2v) is 8.67. The minimum absolute atomic E-state index is 0.00471. The van der Waals surface area contributed by atoms with E-state index in [2.05, 4.69) is 15.6 Å². The number of anilines is 1. The summed E-state index contributed by atoms with van der Waals surface area (Å²) in [6.07, 6.45) is 7.09. The van der Waals surface area contributed by atoms with Crippen molar-refractivity contribution in [3.63, 3.8) is 0 Å². The number of nitrogens with one attached hydrogen (secondary N) is 2. The van der Waals surface area contributed by atoms with Crippen molar-refractivity contribution in [3.8, 4) is 5.88 Å². The number of carbonyl (C=O) groups is 1. The molecule has 2 N–H and O–H groups in total. The molecule has 2 fully saturated rings. The monoisotopic (exact) mass is 450 g/mol. The molecule has 1 saturated carbocycles. The summed E-state index contributed by atoms with van der Waals surface area (Å²) in [5.74, 6) is 0.385. The van der Waals surface area contributed by atoms with Crippen molar-refractivity contribution >= 4 is 17.3 Å². The van der Waals surface area contributed by atoms with Crippen LogP contribution >= 0.6 is 0 Å². The standard InChI is InChI=1S/C22H34N4O6/c1-15(2)24-22(27)16-6-8-17(9-7-16)25-18-13-20(23-14-19(18)26(28)29)30-11-12-32-21-5-3-4-10-31-21/h13-17,21H,3-12H2,1-2H3,(H,23,25)(H,24,27). The van der Waals surface area contributed by atoms with E-state index in [1.165, 1.54) is 6.20 Å². The van der Waals surface area contributed by atoms with Gasteiger partial charge in [0.25, 0.3) is 0 Å². The molecule has 178 valence electrons. The summed E-state index contributed by atoms with van der Waals surface area (Å²) >= 11 is 0. The predicted octanol–water partition coefficient (Wildman–Crippen LogP) is 3.41. The van der Waals surface area contributed by atoms with E-state index in [-0.39, 0.29) is 42.5 Å². The van der Waals surface area contributed by atoms with Gasteiger partial charge in [-0.2, -0.15) is 0 Å². The topological polar surface area (TPSA) is 125 Å². The Labute approximate surface area is 188 Å². The minimum Gasteiger partial charge on any atom is -0.475 e. The zero-order valence-corrected chi connectivity index (χ0v) is 18.9.